The second kappa shape index (κ2) is 8.91. The Hall–Kier alpha value is -3.81. The van der Waals surface area contributed by atoms with Gasteiger partial charge < -0.3 is 23.4 Å². The lowest BCUT2D eigenvalue weighted by Gasteiger charge is -2.19. The van der Waals surface area contributed by atoms with Crippen LogP contribution in [0.3, 0.4) is 0 Å². The maximum Gasteiger partial charge on any atom is 0.344 e. The van der Waals surface area contributed by atoms with Crippen LogP contribution in [-0.2, 0) is 14.3 Å². The average molecular weight is 426 g/mol. The van der Waals surface area contributed by atoms with Gasteiger partial charge >= 0.3 is 11.9 Å². The molecule has 3 rings (SSSR count). The number of hydrogen-bond acceptors (Lipinski definition) is 8. The molecule has 0 spiro atoms. The molecular formula is C23H22O8. The van der Waals surface area contributed by atoms with E-state index in [-0.39, 0.29) is 28.8 Å². The van der Waals surface area contributed by atoms with Gasteiger partial charge in [-0.3, -0.25) is 4.79 Å². The molecule has 0 radical (unpaired) electrons. The molecule has 0 aliphatic heterocycles. The Labute approximate surface area is 178 Å². The molecule has 162 valence electrons. The smallest absolute Gasteiger partial charge is 0.344 e. The molecule has 0 amide bonds. The number of ether oxygens (including phenoxy) is 4. The molecule has 1 aromatic heterocycles. The first kappa shape index (κ1) is 21.9. The topological polar surface area (TPSA) is 101 Å². The van der Waals surface area contributed by atoms with Gasteiger partial charge in [0.25, 0.3) is 0 Å². The Morgan fingerprint density at radius 1 is 1.00 bits per heavy atom. The van der Waals surface area contributed by atoms with Crippen molar-refractivity contribution in [2.45, 2.75) is 26.4 Å². The SMILES string of the molecule is COC(=O)c1ccc(Oc2coc3cc(OCC(=O)OC(C)(C)C)ccc3c2=O)cc1. The van der Waals surface area contributed by atoms with E-state index in [1.807, 2.05) is 0 Å². The first-order valence-corrected chi connectivity index (χ1v) is 9.43. The minimum absolute atomic E-state index is 0.0132. The fourth-order valence-electron chi connectivity index (χ4n) is 2.67. The fourth-order valence-corrected chi connectivity index (χ4v) is 2.67. The Morgan fingerprint density at radius 3 is 2.32 bits per heavy atom. The maximum absolute atomic E-state index is 12.7. The van der Waals surface area contributed by atoms with Crippen LogP contribution in [0.4, 0.5) is 0 Å². The molecule has 1 heterocycles. The van der Waals surface area contributed by atoms with Crippen LogP contribution in [0.15, 0.2) is 57.9 Å². The number of esters is 2. The van der Waals surface area contributed by atoms with Crippen LogP contribution in [0.2, 0.25) is 0 Å². The number of hydrogen-bond donors (Lipinski definition) is 0. The highest BCUT2D eigenvalue weighted by Gasteiger charge is 2.17. The molecule has 8 nitrogen and oxygen atoms in total. The van der Waals surface area contributed by atoms with Gasteiger partial charge in [-0.2, -0.15) is 0 Å². The van der Waals surface area contributed by atoms with E-state index in [2.05, 4.69) is 4.74 Å². The van der Waals surface area contributed by atoms with E-state index in [0.29, 0.717) is 17.1 Å². The van der Waals surface area contributed by atoms with Crippen molar-refractivity contribution >= 4 is 22.9 Å². The monoisotopic (exact) mass is 426 g/mol. The molecule has 0 N–H and O–H groups in total. The largest absolute Gasteiger partial charge is 0.482 e. The van der Waals surface area contributed by atoms with Crippen molar-refractivity contribution in [2.24, 2.45) is 0 Å². The predicted octanol–water partition coefficient (Wildman–Crippen LogP) is 4.09. The standard InChI is InChI=1S/C23H22O8/c1-23(2,3)31-20(24)13-28-16-9-10-17-18(11-16)29-12-19(21(17)25)30-15-7-5-14(6-8-15)22(26)27-4/h5-12H,13H2,1-4H3. The van der Waals surface area contributed by atoms with Gasteiger partial charge in [0.2, 0.25) is 11.2 Å². The third kappa shape index (κ3) is 5.63. The van der Waals surface area contributed by atoms with Gasteiger partial charge in [0, 0.05) is 6.07 Å². The lowest BCUT2D eigenvalue weighted by atomic mass is 10.2. The van der Waals surface area contributed by atoms with Gasteiger partial charge in [-0.25, -0.2) is 9.59 Å². The summed E-state index contributed by atoms with van der Waals surface area (Å²) in [6.45, 7) is 5.03. The van der Waals surface area contributed by atoms with Crippen molar-refractivity contribution in [1.82, 2.24) is 0 Å². The van der Waals surface area contributed by atoms with Crippen molar-refractivity contribution < 1.29 is 33.0 Å². The Balaban J connectivity index is 1.74. The van der Waals surface area contributed by atoms with Crippen molar-refractivity contribution in [3.8, 4) is 17.2 Å². The van der Waals surface area contributed by atoms with Gasteiger partial charge in [-0.05, 0) is 57.2 Å². The number of rotatable bonds is 6. The van der Waals surface area contributed by atoms with Crippen LogP contribution >= 0.6 is 0 Å². The van der Waals surface area contributed by atoms with E-state index in [9.17, 15) is 14.4 Å². The van der Waals surface area contributed by atoms with E-state index in [1.165, 1.54) is 37.6 Å². The highest BCUT2D eigenvalue weighted by atomic mass is 16.6. The molecular weight excluding hydrogens is 404 g/mol. The zero-order valence-electron chi connectivity index (χ0n) is 17.6. The molecule has 0 bridgehead atoms. The molecule has 3 aromatic rings. The van der Waals surface area contributed by atoms with Crippen molar-refractivity contribution in [2.75, 3.05) is 13.7 Å². The second-order valence-electron chi connectivity index (χ2n) is 7.58. The van der Waals surface area contributed by atoms with Gasteiger partial charge in [0.1, 0.15) is 28.9 Å². The summed E-state index contributed by atoms with van der Waals surface area (Å²) >= 11 is 0. The molecule has 31 heavy (non-hydrogen) atoms. The molecule has 2 aromatic carbocycles. The van der Waals surface area contributed by atoms with Crippen LogP contribution in [0.5, 0.6) is 17.2 Å². The summed E-state index contributed by atoms with van der Waals surface area (Å²) in [5, 5.41) is 0.285. The Bertz CT molecular complexity index is 1150. The number of carbonyl (C=O) groups is 2. The van der Waals surface area contributed by atoms with Gasteiger partial charge in [0.05, 0.1) is 18.1 Å². The molecule has 0 aliphatic rings. The summed E-state index contributed by atoms with van der Waals surface area (Å²) in [7, 11) is 1.29. The predicted molar refractivity (Wildman–Crippen MR) is 112 cm³/mol. The van der Waals surface area contributed by atoms with E-state index in [1.54, 1.807) is 39.0 Å². The van der Waals surface area contributed by atoms with E-state index < -0.39 is 17.5 Å². The third-order valence-electron chi connectivity index (χ3n) is 3.99. The molecule has 0 fully saturated rings. The lowest BCUT2D eigenvalue weighted by molar-refractivity contribution is -0.157. The molecule has 0 aliphatic carbocycles. The van der Waals surface area contributed by atoms with Crippen LogP contribution in [0.1, 0.15) is 31.1 Å². The first-order chi connectivity index (χ1) is 14.7. The average Bonchev–Trinajstić information content (AvgIpc) is 2.73. The van der Waals surface area contributed by atoms with Gasteiger partial charge in [-0.15, -0.1) is 0 Å². The molecule has 8 heteroatoms. The number of methoxy groups -OCH3 is 1. The second-order valence-corrected chi connectivity index (χ2v) is 7.58. The lowest BCUT2D eigenvalue weighted by Crippen LogP contribution is -2.27. The zero-order chi connectivity index (χ0) is 22.6. The molecule has 0 unspecified atom stereocenters. The quantitative estimate of drug-likeness (QED) is 0.543. The summed E-state index contributed by atoms with van der Waals surface area (Å²) in [6, 6.07) is 10.7. The van der Waals surface area contributed by atoms with E-state index in [4.69, 9.17) is 18.6 Å². The van der Waals surface area contributed by atoms with Crippen LogP contribution < -0.4 is 14.9 Å². The molecule has 0 atom stereocenters. The van der Waals surface area contributed by atoms with Gasteiger partial charge in [-0.1, -0.05) is 0 Å². The van der Waals surface area contributed by atoms with E-state index >= 15 is 0 Å². The molecule has 0 saturated heterocycles. The number of carbonyl (C=O) groups excluding carboxylic acids is 2. The minimum atomic E-state index is -0.605. The first-order valence-electron chi connectivity index (χ1n) is 9.43. The van der Waals surface area contributed by atoms with Crippen molar-refractivity contribution in [3.05, 3.63) is 64.5 Å². The summed E-state index contributed by atoms with van der Waals surface area (Å²) in [6.07, 6.45) is 1.19. The summed E-state index contributed by atoms with van der Waals surface area (Å²) < 4.78 is 26.3. The van der Waals surface area contributed by atoms with Crippen molar-refractivity contribution in [1.29, 1.82) is 0 Å². The summed E-state index contributed by atoms with van der Waals surface area (Å²) in [5.74, 6) is -0.275. The Kier molecular flexibility index (Phi) is 6.29. The number of benzene rings is 2. The minimum Gasteiger partial charge on any atom is -0.482 e. The highest BCUT2D eigenvalue weighted by Crippen LogP contribution is 2.24. The zero-order valence-corrected chi connectivity index (χ0v) is 17.6. The van der Waals surface area contributed by atoms with E-state index in [0.717, 1.165) is 0 Å². The summed E-state index contributed by atoms with van der Waals surface area (Å²) in [4.78, 5) is 36.0. The molecule has 0 saturated carbocycles. The van der Waals surface area contributed by atoms with Crippen LogP contribution in [0, 0.1) is 0 Å². The van der Waals surface area contributed by atoms with Gasteiger partial charge in [0.15, 0.2) is 6.61 Å². The third-order valence-corrected chi connectivity index (χ3v) is 3.99. The Morgan fingerprint density at radius 2 is 1.68 bits per heavy atom. The fraction of sp³-hybridized carbons (Fsp3) is 0.261. The maximum atomic E-state index is 12.7. The highest BCUT2D eigenvalue weighted by molar-refractivity contribution is 5.89. The normalized spacial score (nSPS) is 11.1. The summed E-state index contributed by atoms with van der Waals surface area (Å²) in [5.41, 5.74) is -0.344. The van der Waals surface area contributed by atoms with Crippen LogP contribution in [-0.4, -0.2) is 31.3 Å². The van der Waals surface area contributed by atoms with Crippen molar-refractivity contribution in [3.63, 3.8) is 0 Å². The number of fused-ring (bicyclic) bond motifs is 1. The van der Waals surface area contributed by atoms with Crippen LogP contribution in [0.25, 0.3) is 11.0 Å².